The van der Waals surface area contributed by atoms with Gasteiger partial charge in [-0.15, -0.1) is 0 Å². The minimum Gasteiger partial charge on any atom is -0.496 e. The van der Waals surface area contributed by atoms with Crippen LogP contribution in [0.25, 0.3) is 0 Å². The molecule has 0 atom stereocenters. The number of carbonyl (C=O) groups excluding carboxylic acids is 2. The van der Waals surface area contributed by atoms with Gasteiger partial charge in [-0.3, -0.25) is 4.79 Å². The Morgan fingerprint density at radius 3 is 2.43 bits per heavy atom. The average Bonchev–Trinajstić information content (AvgIpc) is 2.74. The number of benzene rings is 1. The second-order valence-corrected chi connectivity index (χ2v) is 5.33. The van der Waals surface area contributed by atoms with Gasteiger partial charge in [0.05, 0.1) is 12.7 Å². The normalized spacial score (nSPS) is 14.9. The third-order valence-corrected chi connectivity index (χ3v) is 3.65. The molecule has 1 heterocycles. The van der Waals surface area contributed by atoms with Crippen LogP contribution < -0.4 is 15.4 Å². The lowest BCUT2D eigenvalue weighted by Gasteiger charge is -2.27. The highest BCUT2D eigenvalue weighted by atomic mass is 16.5. The van der Waals surface area contributed by atoms with Gasteiger partial charge in [0.1, 0.15) is 5.75 Å². The Kier molecular flexibility index (Phi) is 11.8. The van der Waals surface area contributed by atoms with Gasteiger partial charge >= 0.3 is 6.03 Å². The predicted octanol–water partition coefficient (Wildman–Crippen LogP) is 4.48. The Balaban J connectivity index is 0.00000171. The van der Waals surface area contributed by atoms with Crippen LogP contribution in [0.3, 0.4) is 0 Å². The fraction of sp³-hybridized carbons (Fsp3) is 0.364. The molecule has 6 nitrogen and oxygen atoms in total. The molecule has 1 fully saturated rings. The van der Waals surface area contributed by atoms with E-state index in [1.807, 2.05) is 34.6 Å². The van der Waals surface area contributed by atoms with Gasteiger partial charge in [-0.05, 0) is 30.7 Å². The number of amides is 3. The summed E-state index contributed by atoms with van der Waals surface area (Å²) >= 11 is 0. The summed E-state index contributed by atoms with van der Waals surface area (Å²) in [6, 6.07) is 6.81. The number of nitrogens with zero attached hydrogens (tertiary/aromatic N) is 1. The first-order valence-electron chi connectivity index (χ1n) is 9.49. The van der Waals surface area contributed by atoms with Crippen LogP contribution in [-0.2, 0) is 0 Å². The molecule has 154 valence electrons. The zero-order valence-electron chi connectivity index (χ0n) is 18.1. The van der Waals surface area contributed by atoms with E-state index in [0.29, 0.717) is 29.3 Å². The van der Waals surface area contributed by atoms with Gasteiger partial charge in [0, 0.05) is 25.0 Å². The van der Waals surface area contributed by atoms with Crippen molar-refractivity contribution in [2.24, 2.45) is 0 Å². The number of para-hydroxylation sites is 1. The van der Waals surface area contributed by atoms with E-state index in [4.69, 9.17) is 4.74 Å². The summed E-state index contributed by atoms with van der Waals surface area (Å²) in [6.07, 6.45) is 3.58. The van der Waals surface area contributed by atoms with E-state index in [9.17, 15) is 9.59 Å². The molecular formula is C22H33N3O3. The van der Waals surface area contributed by atoms with Gasteiger partial charge in [-0.1, -0.05) is 52.5 Å². The molecule has 0 aromatic heterocycles. The zero-order valence-corrected chi connectivity index (χ0v) is 18.1. The molecular weight excluding hydrogens is 354 g/mol. The van der Waals surface area contributed by atoms with Crippen molar-refractivity contribution in [3.05, 3.63) is 65.5 Å². The van der Waals surface area contributed by atoms with Gasteiger partial charge in [-0.25, -0.2) is 4.79 Å². The number of hydrogen-bond acceptors (Lipinski definition) is 3. The third-order valence-electron chi connectivity index (χ3n) is 3.65. The predicted molar refractivity (Wildman–Crippen MR) is 115 cm³/mol. The van der Waals surface area contributed by atoms with Crippen LogP contribution in [-0.4, -0.2) is 37.5 Å². The van der Waals surface area contributed by atoms with Crippen molar-refractivity contribution in [3.8, 4) is 5.75 Å². The van der Waals surface area contributed by atoms with Crippen molar-refractivity contribution < 1.29 is 14.3 Å². The van der Waals surface area contributed by atoms with Crippen LogP contribution >= 0.6 is 0 Å². The van der Waals surface area contributed by atoms with E-state index in [1.165, 1.54) is 12.0 Å². The maximum absolute atomic E-state index is 12.5. The summed E-state index contributed by atoms with van der Waals surface area (Å²) in [6.45, 7) is 14.1. The molecule has 0 spiro atoms. The average molecular weight is 388 g/mol. The molecule has 28 heavy (non-hydrogen) atoms. The molecule has 0 aliphatic carbocycles. The third kappa shape index (κ3) is 6.95. The summed E-state index contributed by atoms with van der Waals surface area (Å²) in [4.78, 5) is 25.6. The highest BCUT2D eigenvalue weighted by molar-refractivity contribution is 5.98. The minimum atomic E-state index is -0.267. The second-order valence-electron chi connectivity index (χ2n) is 5.33. The van der Waals surface area contributed by atoms with Crippen molar-refractivity contribution in [1.29, 1.82) is 0 Å². The van der Waals surface area contributed by atoms with E-state index in [-0.39, 0.29) is 11.9 Å². The summed E-state index contributed by atoms with van der Waals surface area (Å²) in [5, 5.41) is 5.52. The van der Waals surface area contributed by atoms with E-state index < -0.39 is 0 Å². The molecule has 6 heteroatoms. The van der Waals surface area contributed by atoms with Crippen molar-refractivity contribution >= 4 is 11.9 Å². The van der Waals surface area contributed by atoms with Crippen molar-refractivity contribution in [1.82, 2.24) is 15.5 Å². The number of allylic oxidation sites excluding steroid dienone is 2. The lowest BCUT2D eigenvalue weighted by Crippen LogP contribution is -2.43. The number of urea groups is 1. The molecule has 1 aromatic rings. The molecule has 2 N–H and O–H groups in total. The number of carbonyl (C=O) groups is 2. The van der Waals surface area contributed by atoms with Crippen LogP contribution in [0.1, 0.15) is 45.0 Å². The van der Waals surface area contributed by atoms with Gasteiger partial charge in [0.2, 0.25) is 0 Å². The van der Waals surface area contributed by atoms with Crippen LogP contribution in [0.2, 0.25) is 0 Å². The Morgan fingerprint density at radius 1 is 1.25 bits per heavy atom. The standard InChI is InChI=1S/C18H21N3O3.2C2H6/c1-5-14(10-13-11-21(3)18(23)19-12(13)2)20-17(22)15-8-6-7-9-16(15)24-4;2*1-2/h5-10H,2,11H2,1,3-4H3,(H,19,23)(H,20,22);2*1-2H3/b13-10-,14-5+;;. The lowest BCUT2D eigenvalue weighted by atomic mass is 10.1. The summed E-state index contributed by atoms with van der Waals surface area (Å²) < 4.78 is 5.21. The first kappa shape index (κ1) is 25.0. The second kappa shape index (κ2) is 13.2. The monoisotopic (exact) mass is 387 g/mol. The summed E-state index contributed by atoms with van der Waals surface area (Å²) in [5.41, 5.74) is 2.42. The fourth-order valence-electron chi connectivity index (χ4n) is 2.27. The molecule has 2 rings (SSSR count). The van der Waals surface area contributed by atoms with E-state index in [2.05, 4.69) is 17.2 Å². The number of likely N-dealkylation sites (N-methyl/N-ethyl adjacent to an activating group) is 1. The van der Waals surface area contributed by atoms with Crippen molar-refractivity contribution in [3.63, 3.8) is 0 Å². The maximum Gasteiger partial charge on any atom is 0.321 e. The van der Waals surface area contributed by atoms with Crippen LogP contribution in [0.4, 0.5) is 4.79 Å². The number of hydrogen-bond donors (Lipinski definition) is 2. The Morgan fingerprint density at radius 2 is 1.86 bits per heavy atom. The fourth-order valence-corrected chi connectivity index (χ4v) is 2.27. The Bertz CT molecular complexity index is 736. The largest absolute Gasteiger partial charge is 0.496 e. The maximum atomic E-state index is 12.5. The Labute approximate surface area is 169 Å². The van der Waals surface area contributed by atoms with Crippen LogP contribution in [0.15, 0.2) is 60.0 Å². The first-order chi connectivity index (χ1) is 13.5. The lowest BCUT2D eigenvalue weighted by molar-refractivity contribution is 0.0964. The highest BCUT2D eigenvalue weighted by Gasteiger charge is 2.20. The van der Waals surface area contributed by atoms with Gasteiger partial charge in [0.15, 0.2) is 0 Å². The van der Waals surface area contributed by atoms with E-state index >= 15 is 0 Å². The Hall–Kier alpha value is -3.02. The quantitative estimate of drug-likeness (QED) is 0.800. The molecule has 1 saturated heterocycles. The molecule has 0 radical (unpaired) electrons. The minimum absolute atomic E-state index is 0.197. The molecule has 1 aliphatic rings. The number of rotatable bonds is 4. The topological polar surface area (TPSA) is 70.7 Å². The molecule has 1 aromatic carbocycles. The van der Waals surface area contributed by atoms with Crippen LogP contribution in [0, 0.1) is 0 Å². The van der Waals surface area contributed by atoms with Gasteiger partial charge in [-0.2, -0.15) is 0 Å². The van der Waals surface area contributed by atoms with Gasteiger partial charge < -0.3 is 20.3 Å². The summed E-state index contributed by atoms with van der Waals surface area (Å²) in [5.74, 6) is 0.239. The first-order valence-corrected chi connectivity index (χ1v) is 9.49. The molecule has 0 unspecified atom stereocenters. The van der Waals surface area contributed by atoms with E-state index in [0.717, 1.165) is 5.57 Å². The SMILES string of the molecule is C=C1NC(=O)N(C)C/C1=C/C(=C\C)NC(=O)c1ccccc1OC.CC.CC. The van der Waals surface area contributed by atoms with Crippen molar-refractivity contribution in [2.75, 3.05) is 20.7 Å². The molecule has 0 bridgehead atoms. The van der Waals surface area contributed by atoms with Crippen molar-refractivity contribution in [2.45, 2.75) is 34.6 Å². The van der Waals surface area contributed by atoms with Crippen LogP contribution in [0.5, 0.6) is 5.75 Å². The highest BCUT2D eigenvalue weighted by Crippen LogP contribution is 2.18. The molecule has 0 saturated carbocycles. The zero-order chi connectivity index (χ0) is 21.7. The number of nitrogens with one attached hydrogen (secondary N) is 2. The summed E-state index contributed by atoms with van der Waals surface area (Å²) in [7, 11) is 3.22. The van der Waals surface area contributed by atoms with E-state index in [1.54, 1.807) is 43.5 Å². The smallest absolute Gasteiger partial charge is 0.321 e. The molecule has 1 aliphatic heterocycles. The molecule has 3 amide bonds. The number of methoxy groups -OCH3 is 1. The van der Waals surface area contributed by atoms with Gasteiger partial charge in [0.25, 0.3) is 5.91 Å². The number of ether oxygens (including phenoxy) is 1.